The van der Waals surface area contributed by atoms with E-state index in [4.69, 9.17) is 4.42 Å². The van der Waals surface area contributed by atoms with E-state index in [1.165, 1.54) is 6.39 Å². The number of amides is 1. The Balaban J connectivity index is 2.23. The number of hydrogen-bond donors (Lipinski definition) is 1. The van der Waals surface area contributed by atoms with Gasteiger partial charge in [0.15, 0.2) is 12.2 Å². The van der Waals surface area contributed by atoms with Gasteiger partial charge >= 0.3 is 0 Å². The smallest absolute Gasteiger partial charge is 0.235 e. The van der Waals surface area contributed by atoms with Crippen LogP contribution in [0.3, 0.4) is 0 Å². The second-order valence-electron chi connectivity index (χ2n) is 3.13. The van der Waals surface area contributed by atoms with E-state index in [1.54, 1.807) is 6.20 Å². The molecule has 0 spiro atoms. The zero-order valence-corrected chi connectivity index (χ0v) is 9.90. The van der Waals surface area contributed by atoms with Crippen LogP contribution in [-0.2, 0) is 4.79 Å². The van der Waals surface area contributed by atoms with Crippen LogP contribution in [0.5, 0.6) is 0 Å². The summed E-state index contributed by atoms with van der Waals surface area (Å²) in [5, 5.41) is 3.02. The molecule has 1 aromatic carbocycles. The number of aromatic nitrogens is 1. The highest BCUT2D eigenvalue weighted by Gasteiger charge is 2.04. The summed E-state index contributed by atoms with van der Waals surface area (Å²) < 4.78 is 5.17. The molecule has 0 bridgehead atoms. The van der Waals surface area contributed by atoms with Crippen LogP contribution in [0.15, 0.2) is 41.3 Å². The van der Waals surface area contributed by atoms with Crippen molar-refractivity contribution in [2.24, 2.45) is 0 Å². The van der Waals surface area contributed by atoms with E-state index in [2.05, 4.69) is 26.2 Å². The third-order valence-electron chi connectivity index (χ3n) is 1.98. The lowest BCUT2D eigenvalue weighted by molar-refractivity contribution is -0.113. The minimum atomic E-state index is -0.0882. The van der Waals surface area contributed by atoms with Gasteiger partial charge in [0.1, 0.15) is 0 Å². The number of nitrogens with one attached hydrogen (secondary N) is 1. The first-order valence-corrected chi connectivity index (χ1v) is 5.76. The van der Waals surface area contributed by atoms with Crippen molar-refractivity contribution in [1.82, 2.24) is 4.98 Å². The zero-order chi connectivity index (χ0) is 11.4. The Labute approximate surface area is 101 Å². The molecule has 2 rings (SSSR count). The first kappa shape index (κ1) is 10.9. The summed E-state index contributed by atoms with van der Waals surface area (Å²) in [5.41, 5.74) is 1.61. The third-order valence-corrected chi connectivity index (χ3v) is 2.49. The van der Waals surface area contributed by atoms with Gasteiger partial charge in [-0.05, 0) is 12.1 Å². The molecule has 0 atom stereocenters. The van der Waals surface area contributed by atoms with Crippen molar-refractivity contribution >= 4 is 27.5 Å². The second-order valence-corrected chi connectivity index (χ2v) is 3.69. The molecule has 1 aromatic heterocycles. The lowest BCUT2D eigenvalue weighted by Crippen LogP contribution is -2.12. The third kappa shape index (κ3) is 2.49. The number of alkyl halides is 1. The van der Waals surface area contributed by atoms with Crippen LogP contribution < -0.4 is 5.32 Å². The Morgan fingerprint density at radius 2 is 2.38 bits per heavy atom. The number of oxazole rings is 1. The average Bonchev–Trinajstić information content (AvgIpc) is 2.83. The molecule has 0 saturated heterocycles. The topological polar surface area (TPSA) is 55.1 Å². The fourth-order valence-electron chi connectivity index (χ4n) is 1.30. The van der Waals surface area contributed by atoms with Crippen molar-refractivity contribution in [2.75, 3.05) is 10.6 Å². The van der Waals surface area contributed by atoms with Crippen molar-refractivity contribution in [2.45, 2.75) is 0 Å². The van der Waals surface area contributed by atoms with E-state index < -0.39 is 0 Å². The molecule has 1 amide bonds. The molecule has 4 nitrogen and oxygen atoms in total. The fourth-order valence-corrected chi connectivity index (χ4v) is 1.44. The average molecular weight is 281 g/mol. The molecule has 0 radical (unpaired) electrons. The number of nitrogens with zero attached hydrogens (tertiary/aromatic N) is 1. The van der Waals surface area contributed by atoms with Crippen molar-refractivity contribution in [1.29, 1.82) is 0 Å². The van der Waals surface area contributed by atoms with Crippen LogP contribution in [0.25, 0.3) is 11.3 Å². The number of rotatable bonds is 3. The van der Waals surface area contributed by atoms with Gasteiger partial charge in [-0.25, -0.2) is 4.98 Å². The maximum atomic E-state index is 11.2. The first-order valence-electron chi connectivity index (χ1n) is 4.64. The van der Waals surface area contributed by atoms with Crippen molar-refractivity contribution in [3.8, 4) is 11.3 Å². The predicted octanol–water partition coefficient (Wildman–Crippen LogP) is 2.68. The zero-order valence-electron chi connectivity index (χ0n) is 8.31. The second kappa shape index (κ2) is 4.94. The molecule has 0 aliphatic heterocycles. The number of carbonyl (C=O) groups excluding carboxylic acids is 1. The minimum absolute atomic E-state index is 0.0882. The standard InChI is InChI=1S/C11H9BrN2O2/c12-5-11(15)14-9-3-1-2-8(4-9)10-6-13-7-16-10/h1-4,6-7H,5H2,(H,14,15). The lowest BCUT2D eigenvalue weighted by Gasteiger charge is -2.04. The Morgan fingerprint density at radius 1 is 1.50 bits per heavy atom. The predicted molar refractivity (Wildman–Crippen MR) is 64.4 cm³/mol. The molecular formula is C11H9BrN2O2. The molecular weight excluding hydrogens is 272 g/mol. The van der Waals surface area contributed by atoms with Gasteiger partial charge in [0.25, 0.3) is 0 Å². The van der Waals surface area contributed by atoms with Crippen LogP contribution in [0.1, 0.15) is 0 Å². The molecule has 0 aliphatic carbocycles. The number of hydrogen-bond acceptors (Lipinski definition) is 3. The summed E-state index contributed by atoms with van der Waals surface area (Å²) >= 11 is 3.09. The first-order chi connectivity index (χ1) is 7.79. The SMILES string of the molecule is O=C(CBr)Nc1cccc(-c2cnco2)c1. The molecule has 1 N–H and O–H groups in total. The molecule has 0 fully saturated rings. The minimum Gasteiger partial charge on any atom is -0.444 e. The molecule has 1 heterocycles. The van der Waals surface area contributed by atoms with E-state index in [-0.39, 0.29) is 11.2 Å². The summed E-state index contributed by atoms with van der Waals surface area (Å²) in [4.78, 5) is 15.0. The van der Waals surface area contributed by atoms with Crippen LogP contribution in [0.4, 0.5) is 5.69 Å². The maximum Gasteiger partial charge on any atom is 0.235 e. The highest BCUT2D eigenvalue weighted by molar-refractivity contribution is 9.09. The molecule has 2 aromatic rings. The van der Waals surface area contributed by atoms with Gasteiger partial charge in [0.05, 0.1) is 11.5 Å². The Bertz CT molecular complexity index is 482. The number of benzene rings is 1. The number of anilines is 1. The molecule has 0 saturated carbocycles. The quantitative estimate of drug-likeness (QED) is 0.880. The Kier molecular flexibility index (Phi) is 3.36. The van der Waals surface area contributed by atoms with Crippen LogP contribution in [0.2, 0.25) is 0 Å². The van der Waals surface area contributed by atoms with Crippen LogP contribution >= 0.6 is 15.9 Å². The highest BCUT2D eigenvalue weighted by Crippen LogP contribution is 2.21. The van der Waals surface area contributed by atoms with E-state index >= 15 is 0 Å². The Hall–Kier alpha value is -1.62. The van der Waals surface area contributed by atoms with Gasteiger partial charge in [-0.2, -0.15) is 0 Å². The van der Waals surface area contributed by atoms with E-state index in [9.17, 15) is 4.79 Å². The summed E-state index contributed by atoms with van der Waals surface area (Å²) in [6.07, 6.45) is 3.00. The van der Waals surface area contributed by atoms with Gasteiger partial charge < -0.3 is 9.73 Å². The van der Waals surface area contributed by atoms with Gasteiger partial charge in [-0.15, -0.1) is 0 Å². The summed E-state index contributed by atoms with van der Waals surface area (Å²) in [6, 6.07) is 7.40. The summed E-state index contributed by atoms with van der Waals surface area (Å²) in [7, 11) is 0. The van der Waals surface area contributed by atoms with Crippen molar-refractivity contribution < 1.29 is 9.21 Å². The summed E-state index contributed by atoms with van der Waals surface area (Å²) in [5.74, 6) is 0.588. The van der Waals surface area contributed by atoms with Gasteiger partial charge in [0.2, 0.25) is 5.91 Å². The highest BCUT2D eigenvalue weighted by atomic mass is 79.9. The lowest BCUT2D eigenvalue weighted by atomic mass is 10.1. The summed E-state index contributed by atoms with van der Waals surface area (Å²) in [6.45, 7) is 0. The fraction of sp³-hybridized carbons (Fsp3) is 0.0909. The van der Waals surface area contributed by atoms with E-state index in [0.717, 1.165) is 11.3 Å². The maximum absolute atomic E-state index is 11.2. The number of carbonyl (C=O) groups is 1. The van der Waals surface area contributed by atoms with Gasteiger partial charge in [-0.3, -0.25) is 4.79 Å². The molecule has 5 heteroatoms. The van der Waals surface area contributed by atoms with E-state index in [1.807, 2.05) is 24.3 Å². The number of halogens is 1. The Morgan fingerprint density at radius 3 is 3.06 bits per heavy atom. The largest absolute Gasteiger partial charge is 0.444 e. The monoisotopic (exact) mass is 280 g/mol. The van der Waals surface area contributed by atoms with Gasteiger partial charge in [0, 0.05) is 11.3 Å². The normalized spacial score (nSPS) is 10.1. The molecule has 16 heavy (non-hydrogen) atoms. The van der Waals surface area contributed by atoms with Crippen molar-refractivity contribution in [3.05, 3.63) is 36.9 Å². The molecule has 0 aliphatic rings. The van der Waals surface area contributed by atoms with Crippen LogP contribution in [-0.4, -0.2) is 16.2 Å². The van der Waals surface area contributed by atoms with Gasteiger partial charge in [-0.1, -0.05) is 28.1 Å². The van der Waals surface area contributed by atoms with E-state index in [0.29, 0.717) is 5.76 Å². The van der Waals surface area contributed by atoms with Crippen molar-refractivity contribution in [3.63, 3.8) is 0 Å². The molecule has 0 unspecified atom stereocenters. The molecule has 82 valence electrons. The van der Waals surface area contributed by atoms with Crippen LogP contribution in [0, 0.1) is 0 Å².